The molecule has 1 radical (unpaired) electrons. The van der Waals surface area contributed by atoms with Crippen molar-refractivity contribution in [1.82, 2.24) is 4.98 Å². The Morgan fingerprint density at radius 3 is 2.78 bits per heavy atom. The average Bonchev–Trinajstić information content (AvgIpc) is 1.90. The van der Waals surface area contributed by atoms with E-state index in [0.29, 0.717) is 0 Å². The van der Waals surface area contributed by atoms with Gasteiger partial charge in [-0.3, -0.25) is 4.98 Å². The van der Waals surface area contributed by atoms with Gasteiger partial charge >= 0.3 is 0 Å². The molecule has 0 spiro atoms. The minimum absolute atomic E-state index is 0.760. The van der Waals surface area contributed by atoms with E-state index in [0.717, 1.165) is 11.4 Å². The van der Waals surface area contributed by atoms with Crippen molar-refractivity contribution < 1.29 is 4.74 Å². The molecule has 1 heterocycles. The van der Waals surface area contributed by atoms with E-state index in [1.807, 2.05) is 6.07 Å². The number of rotatable bonds is 1. The molecule has 9 heavy (non-hydrogen) atoms. The maximum Gasteiger partial charge on any atom is 0.137 e. The molecule has 0 aliphatic rings. The summed E-state index contributed by atoms with van der Waals surface area (Å²) in [6, 6.07) is 3.63. The van der Waals surface area contributed by atoms with Gasteiger partial charge in [-0.2, -0.15) is 0 Å². The first-order valence-corrected chi connectivity index (χ1v) is 2.65. The van der Waals surface area contributed by atoms with Crippen molar-refractivity contribution in [3.05, 3.63) is 30.9 Å². The molecule has 0 aromatic carbocycles. The summed E-state index contributed by atoms with van der Waals surface area (Å²) in [4.78, 5) is 3.91. The van der Waals surface area contributed by atoms with Crippen LogP contribution in [0, 0.1) is 6.92 Å². The van der Waals surface area contributed by atoms with Crippen molar-refractivity contribution in [2.75, 3.05) is 7.11 Å². The van der Waals surface area contributed by atoms with Gasteiger partial charge in [0.15, 0.2) is 0 Å². The highest BCUT2D eigenvalue weighted by atomic mass is 16.5. The fraction of sp³-hybridized carbons (Fsp3) is 0.143. The molecule has 0 N–H and O–H groups in total. The van der Waals surface area contributed by atoms with E-state index in [2.05, 4.69) is 11.9 Å². The highest BCUT2D eigenvalue weighted by Gasteiger charge is 1.87. The van der Waals surface area contributed by atoms with Crippen LogP contribution in [0.4, 0.5) is 0 Å². The van der Waals surface area contributed by atoms with Crippen molar-refractivity contribution in [3.63, 3.8) is 0 Å². The molecule has 0 unspecified atom stereocenters. The zero-order chi connectivity index (χ0) is 6.69. The number of pyridine rings is 1. The van der Waals surface area contributed by atoms with E-state index in [-0.39, 0.29) is 0 Å². The van der Waals surface area contributed by atoms with Crippen molar-refractivity contribution in [2.45, 2.75) is 0 Å². The molecular weight excluding hydrogens is 114 g/mol. The first-order valence-electron chi connectivity index (χ1n) is 2.65. The van der Waals surface area contributed by atoms with Crippen LogP contribution in [0.2, 0.25) is 0 Å². The third-order valence-corrected chi connectivity index (χ3v) is 1.03. The lowest BCUT2D eigenvalue weighted by molar-refractivity contribution is 0.413. The molecule has 1 rings (SSSR count). The second-order valence-corrected chi connectivity index (χ2v) is 1.69. The van der Waals surface area contributed by atoms with Crippen LogP contribution in [0.5, 0.6) is 5.75 Å². The molecule has 0 aliphatic carbocycles. The molecule has 2 heteroatoms. The van der Waals surface area contributed by atoms with Crippen LogP contribution in [0.25, 0.3) is 0 Å². The van der Waals surface area contributed by atoms with Crippen molar-refractivity contribution in [1.29, 1.82) is 0 Å². The number of hydrogen-bond donors (Lipinski definition) is 0. The van der Waals surface area contributed by atoms with Crippen molar-refractivity contribution >= 4 is 0 Å². The van der Waals surface area contributed by atoms with E-state index in [9.17, 15) is 0 Å². The Bertz CT molecular complexity index is 181. The third kappa shape index (κ3) is 1.42. The van der Waals surface area contributed by atoms with Crippen molar-refractivity contribution in [3.8, 4) is 5.75 Å². The quantitative estimate of drug-likeness (QED) is 0.559. The minimum Gasteiger partial charge on any atom is -0.495 e. The Labute approximate surface area is 54.5 Å². The molecule has 0 saturated heterocycles. The summed E-state index contributed by atoms with van der Waals surface area (Å²) in [7, 11) is 1.61. The van der Waals surface area contributed by atoms with Gasteiger partial charge in [-0.1, -0.05) is 0 Å². The van der Waals surface area contributed by atoms with Crippen LogP contribution < -0.4 is 4.74 Å². The average molecular weight is 122 g/mol. The molecule has 0 bridgehead atoms. The molecule has 0 fully saturated rings. The van der Waals surface area contributed by atoms with E-state index in [1.54, 1.807) is 19.4 Å². The lowest BCUT2D eigenvalue weighted by Gasteiger charge is -1.96. The first kappa shape index (κ1) is 6.08. The maximum atomic E-state index is 4.88. The smallest absolute Gasteiger partial charge is 0.137 e. The highest BCUT2D eigenvalue weighted by Crippen LogP contribution is 2.06. The molecule has 47 valence electrons. The van der Waals surface area contributed by atoms with E-state index < -0.39 is 0 Å². The standard InChI is InChI=1S/C7H8NO/c1-6-3-4-7(9-2)5-8-6/h3-5H,1H2,2H3. The predicted octanol–water partition coefficient (Wildman–Crippen LogP) is 1.27. The lowest BCUT2D eigenvalue weighted by Crippen LogP contribution is -1.84. The number of hydrogen-bond acceptors (Lipinski definition) is 2. The maximum absolute atomic E-state index is 4.88. The van der Waals surface area contributed by atoms with Gasteiger partial charge in [0.25, 0.3) is 0 Å². The van der Waals surface area contributed by atoms with Gasteiger partial charge in [-0.05, 0) is 19.1 Å². The second kappa shape index (κ2) is 2.49. The molecule has 2 nitrogen and oxygen atoms in total. The molecule has 1 aromatic rings. The van der Waals surface area contributed by atoms with Gasteiger partial charge in [-0.25, -0.2) is 0 Å². The Kier molecular flexibility index (Phi) is 1.68. The normalized spacial score (nSPS) is 9.11. The van der Waals surface area contributed by atoms with Gasteiger partial charge in [0.2, 0.25) is 0 Å². The van der Waals surface area contributed by atoms with Gasteiger partial charge in [-0.15, -0.1) is 0 Å². The Morgan fingerprint density at radius 1 is 1.56 bits per heavy atom. The summed E-state index contributed by atoms with van der Waals surface area (Å²) in [5.74, 6) is 0.766. The number of ether oxygens (including phenoxy) is 1. The molecule has 0 atom stereocenters. The molecule has 1 aromatic heterocycles. The van der Waals surface area contributed by atoms with Crippen molar-refractivity contribution in [2.24, 2.45) is 0 Å². The predicted molar refractivity (Wildman–Crippen MR) is 35.2 cm³/mol. The van der Waals surface area contributed by atoms with Crippen LogP contribution in [-0.2, 0) is 0 Å². The van der Waals surface area contributed by atoms with E-state index in [1.165, 1.54) is 0 Å². The highest BCUT2D eigenvalue weighted by molar-refractivity contribution is 5.20. The zero-order valence-electron chi connectivity index (χ0n) is 5.29. The molecule has 0 amide bonds. The van der Waals surface area contributed by atoms with Gasteiger partial charge < -0.3 is 4.74 Å². The molecule has 0 aliphatic heterocycles. The molecular formula is C7H8NO. The van der Waals surface area contributed by atoms with Crippen LogP contribution in [0.15, 0.2) is 18.3 Å². The summed E-state index contributed by atoms with van der Waals surface area (Å²) >= 11 is 0. The fourth-order valence-electron chi connectivity index (χ4n) is 0.532. The Hall–Kier alpha value is -1.05. The minimum atomic E-state index is 0.760. The largest absolute Gasteiger partial charge is 0.495 e. The van der Waals surface area contributed by atoms with Gasteiger partial charge in [0.05, 0.1) is 13.3 Å². The van der Waals surface area contributed by atoms with E-state index >= 15 is 0 Å². The Morgan fingerprint density at radius 2 is 2.33 bits per heavy atom. The lowest BCUT2D eigenvalue weighted by atomic mass is 10.4. The van der Waals surface area contributed by atoms with Gasteiger partial charge in [0, 0.05) is 5.69 Å². The third-order valence-electron chi connectivity index (χ3n) is 1.03. The SMILES string of the molecule is [CH2]c1ccc(OC)cn1. The number of aromatic nitrogens is 1. The van der Waals surface area contributed by atoms with Gasteiger partial charge in [0.1, 0.15) is 5.75 Å². The zero-order valence-corrected chi connectivity index (χ0v) is 5.29. The summed E-state index contributed by atoms with van der Waals surface area (Å²) < 4.78 is 4.88. The van der Waals surface area contributed by atoms with Crippen LogP contribution in [0.1, 0.15) is 5.69 Å². The summed E-state index contributed by atoms with van der Waals surface area (Å²) in [5, 5.41) is 0. The number of methoxy groups -OCH3 is 1. The first-order chi connectivity index (χ1) is 4.33. The topological polar surface area (TPSA) is 22.1 Å². The summed E-state index contributed by atoms with van der Waals surface area (Å²) in [5.41, 5.74) is 0.760. The second-order valence-electron chi connectivity index (χ2n) is 1.69. The summed E-state index contributed by atoms with van der Waals surface area (Å²) in [6.07, 6.45) is 1.64. The monoisotopic (exact) mass is 122 g/mol. The Balaban J connectivity index is 2.88. The van der Waals surface area contributed by atoms with E-state index in [4.69, 9.17) is 4.74 Å². The summed E-state index contributed by atoms with van der Waals surface area (Å²) in [6.45, 7) is 3.63. The van der Waals surface area contributed by atoms with Crippen LogP contribution >= 0.6 is 0 Å². The molecule has 0 saturated carbocycles. The van der Waals surface area contributed by atoms with Crippen LogP contribution in [0.3, 0.4) is 0 Å². The fourth-order valence-corrected chi connectivity index (χ4v) is 0.532. The van der Waals surface area contributed by atoms with Crippen LogP contribution in [-0.4, -0.2) is 12.1 Å². The number of nitrogens with zero attached hydrogens (tertiary/aromatic N) is 1.